The molecule has 0 fully saturated rings. The summed E-state index contributed by atoms with van der Waals surface area (Å²) in [5.74, 6) is -1.38. The summed E-state index contributed by atoms with van der Waals surface area (Å²) in [6.45, 7) is -0.117. The Hall–Kier alpha value is -1.59. The lowest BCUT2D eigenvalue weighted by atomic mass is 10.1. The van der Waals surface area contributed by atoms with E-state index in [-0.39, 0.29) is 18.6 Å². The van der Waals surface area contributed by atoms with Gasteiger partial charge in [-0.05, 0) is 17.7 Å². The molecule has 1 aromatic rings. The van der Waals surface area contributed by atoms with Crippen LogP contribution < -0.4 is 0 Å². The van der Waals surface area contributed by atoms with Crippen molar-refractivity contribution in [3.8, 4) is 0 Å². The zero-order chi connectivity index (χ0) is 11.5. The van der Waals surface area contributed by atoms with Crippen molar-refractivity contribution in [3.63, 3.8) is 0 Å². The van der Waals surface area contributed by atoms with E-state index < -0.39 is 17.6 Å². The van der Waals surface area contributed by atoms with Crippen molar-refractivity contribution in [2.45, 2.75) is 12.8 Å². The van der Waals surface area contributed by atoms with Gasteiger partial charge in [0, 0.05) is 0 Å². The maximum atomic E-state index is 12.9. The molecule has 0 heterocycles. The number of carbonyl (C=O) groups excluding carboxylic acids is 1. The predicted octanol–water partition coefficient (Wildman–Crippen LogP) is 2.52. The molecule has 6 heteroatoms. The summed E-state index contributed by atoms with van der Waals surface area (Å²) in [7, 11) is 0. The van der Waals surface area contributed by atoms with Crippen molar-refractivity contribution in [2.75, 3.05) is 0 Å². The summed E-state index contributed by atoms with van der Waals surface area (Å²) >= 11 is 0. The zero-order valence-electron chi connectivity index (χ0n) is 7.34. The van der Waals surface area contributed by atoms with Gasteiger partial charge in [-0.15, -0.1) is 0 Å². The molecule has 1 rings (SSSR count). The molecule has 0 radical (unpaired) electrons. The van der Waals surface area contributed by atoms with Gasteiger partial charge >= 0.3 is 6.18 Å². The van der Waals surface area contributed by atoms with E-state index in [4.69, 9.17) is 0 Å². The lowest BCUT2D eigenvalue weighted by Gasteiger charge is -2.08. The van der Waals surface area contributed by atoms with E-state index >= 15 is 0 Å². The molecule has 0 amide bonds. The van der Waals surface area contributed by atoms with Crippen LogP contribution in [-0.2, 0) is 22.3 Å². The Balaban J connectivity index is 2.93. The molecular weight excluding hydrogens is 216 g/mol. The molecule has 0 unspecified atom stereocenters. The zero-order valence-corrected chi connectivity index (χ0v) is 7.34. The molecule has 82 valence electrons. The quantitative estimate of drug-likeness (QED) is 0.580. The highest BCUT2D eigenvalue weighted by atomic mass is 19.4. The molecule has 0 aliphatic rings. The first kappa shape index (κ1) is 11.5. The third-order valence-corrected chi connectivity index (χ3v) is 1.66. The molecule has 2 nitrogen and oxygen atoms in total. The topological polar surface area (TPSA) is 26.3 Å². The van der Waals surface area contributed by atoms with Crippen molar-refractivity contribution in [1.82, 2.24) is 0 Å². The van der Waals surface area contributed by atoms with Crippen LogP contribution in [-0.4, -0.2) is 6.47 Å². The van der Waals surface area contributed by atoms with Crippen molar-refractivity contribution >= 4 is 6.47 Å². The first-order valence-corrected chi connectivity index (χ1v) is 3.86. The second kappa shape index (κ2) is 4.29. The van der Waals surface area contributed by atoms with Crippen molar-refractivity contribution in [2.24, 2.45) is 0 Å². The molecule has 0 bridgehead atoms. The first-order chi connectivity index (χ1) is 6.95. The minimum atomic E-state index is -4.71. The van der Waals surface area contributed by atoms with Crippen molar-refractivity contribution < 1.29 is 27.1 Å². The van der Waals surface area contributed by atoms with Crippen LogP contribution in [0.25, 0.3) is 0 Å². The van der Waals surface area contributed by atoms with E-state index in [2.05, 4.69) is 4.74 Å². The van der Waals surface area contributed by atoms with Gasteiger partial charge in [-0.1, -0.05) is 6.07 Å². The van der Waals surface area contributed by atoms with E-state index in [1.165, 1.54) is 0 Å². The maximum Gasteiger partial charge on any atom is 0.419 e. The van der Waals surface area contributed by atoms with Gasteiger partial charge in [0.25, 0.3) is 6.47 Å². The van der Waals surface area contributed by atoms with Gasteiger partial charge in [0.15, 0.2) is 0 Å². The summed E-state index contributed by atoms with van der Waals surface area (Å²) in [5.41, 5.74) is -1.18. The molecular formula is C9H6F4O2. The number of carbonyl (C=O) groups is 1. The predicted molar refractivity (Wildman–Crippen MR) is 42.3 cm³/mol. The third-order valence-electron chi connectivity index (χ3n) is 1.66. The average molecular weight is 222 g/mol. The third kappa shape index (κ3) is 2.93. The first-order valence-electron chi connectivity index (χ1n) is 3.86. The summed E-state index contributed by atoms with van der Waals surface area (Å²) < 4.78 is 53.5. The smallest absolute Gasteiger partial charge is 0.419 e. The fourth-order valence-corrected chi connectivity index (χ4v) is 1.01. The van der Waals surface area contributed by atoms with Crippen LogP contribution in [0.3, 0.4) is 0 Å². The summed E-state index contributed by atoms with van der Waals surface area (Å²) in [4.78, 5) is 9.79. The largest absolute Gasteiger partial charge is 0.463 e. The molecule has 0 aliphatic heterocycles. The molecule has 0 saturated carbocycles. The van der Waals surface area contributed by atoms with E-state index in [1.807, 2.05) is 0 Å². The Morgan fingerprint density at radius 2 is 2.00 bits per heavy atom. The molecule has 0 aromatic heterocycles. The number of alkyl halides is 3. The summed E-state index contributed by atoms with van der Waals surface area (Å²) in [6, 6.07) is 2.35. The fourth-order valence-electron chi connectivity index (χ4n) is 1.01. The monoisotopic (exact) mass is 222 g/mol. The van der Waals surface area contributed by atoms with Crippen molar-refractivity contribution in [3.05, 3.63) is 35.1 Å². The van der Waals surface area contributed by atoms with Gasteiger partial charge in [-0.25, -0.2) is 4.39 Å². The Kier molecular flexibility index (Phi) is 3.28. The minimum Gasteiger partial charge on any atom is -0.463 e. The highest BCUT2D eigenvalue weighted by Crippen LogP contribution is 2.31. The van der Waals surface area contributed by atoms with Gasteiger partial charge < -0.3 is 4.74 Å². The molecule has 0 saturated heterocycles. The molecule has 0 aliphatic carbocycles. The maximum absolute atomic E-state index is 12.9. The second-order valence-corrected chi connectivity index (χ2v) is 2.72. The average Bonchev–Trinajstić information content (AvgIpc) is 2.12. The normalized spacial score (nSPS) is 11.2. The lowest BCUT2D eigenvalue weighted by molar-refractivity contribution is -0.140. The molecule has 15 heavy (non-hydrogen) atoms. The van der Waals surface area contributed by atoms with E-state index in [0.29, 0.717) is 12.1 Å². The van der Waals surface area contributed by atoms with Gasteiger partial charge in [0.05, 0.1) is 5.56 Å². The molecule has 0 N–H and O–H groups in total. The molecule has 0 spiro atoms. The Morgan fingerprint density at radius 1 is 1.33 bits per heavy atom. The van der Waals surface area contributed by atoms with Gasteiger partial charge in [0.1, 0.15) is 12.4 Å². The number of hydrogen-bond acceptors (Lipinski definition) is 2. The standard InChI is InChI=1S/C9H6F4O2/c10-8-3-6(4-15-5-14)1-2-7(8)9(11,12)13/h1-3,5H,4H2. The highest BCUT2D eigenvalue weighted by molar-refractivity contribution is 5.37. The van der Waals surface area contributed by atoms with Crippen molar-refractivity contribution in [1.29, 1.82) is 0 Å². The van der Waals surface area contributed by atoms with Crippen LogP contribution in [0.1, 0.15) is 11.1 Å². The van der Waals surface area contributed by atoms with Crippen LogP contribution in [0.2, 0.25) is 0 Å². The number of halogens is 4. The van der Waals surface area contributed by atoms with Crippen LogP contribution in [0.5, 0.6) is 0 Å². The minimum absolute atomic E-state index is 0.134. The van der Waals surface area contributed by atoms with Crippen LogP contribution >= 0.6 is 0 Å². The summed E-state index contributed by atoms with van der Waals surface area (Å²) in [6.07, 6.45) is -4.71. The summed E-state index contributed by atoms with van der Waals surface area (Å²) in [5, 5.41) is 0. The fraction of sp³-hybridized carbons (Fsp3) is 0.222. The lowest BCUT2D eigenvalue weighted by Crippen LogP contribution is -2.08. The van der Waals surface area contributed by atoms with Gasteiger partial charge in [0.2, 0.25) is 0 Å². The van der Waals surface area contributed by atoms with E-state index in [0.717, 1.165) is 6.07 Å². The number of ether oxygens (including phenoxy) is 1. The number of rotatable bonds is 3. The Bertz CT molecular complexity index is 360. The SMILES string of the molecule is O=COCc1ccc(C(F)(F)F)c(F)c1. The van der Waals surface area contributed by atoms with Gasteiger partial charge in [-0.2, -0.15) is 13.2 Å². The van der Waals surface area contributed by atoms with Crippen LogP contribution in [0.4, 0.5) is 17.6 Å². The highest BCUT2D eigenvalue weighted by Gasteiger charge is 2.33. The molecule has 0 atom stereocenters. The molecule has 1 aromatic carbocycles. The van der Waals surface area contributed by atoms with E-state index in [1.54, 1.807) is 0 Å². The van der Waals surface area contributed by atoms with Crippen LogP contribution in [0, 0.1) is 5.82 Å². The van der Waals surface area contributed by atoms with Gasteiger partial charge in [-0.3, -0.25) is 4.79 Å². The Morgan fingerprint density at radius 3 is 2.47 bits per heavy atom. The van der Waals surface area contributed by atoms with Crippen LogP contribution in [0.15, 0.2) is 18.2 Å². The van der Waals surface area contributed by atoms with E-state index in [9.17, 15) is 22.4 Å². The Labute approximate surface area is 82.5 Å². The number of hydrogen-bond donors (Lipinski definition) is 0. The second-order valence-electron chi connectivity index (χ2n) is 2.72. The number of benzene rings is 1.